The Balaban J connectivity index is 1.77. The van der Waals surface area contributed by atoms with Crippen molar-refractivity contribution in [1.82, 2.24) is 5.32 Å². The lowest BCUT2D eigenvalue weighted by atomic mass is 9.99. The van der Waals surface area contributed by atoms with E-state index in [2.05, 4.69) is 16.7 Å². The van der Waals surface area contributed by atoms with Crippen LogP contribution in [-0.4, -0.2) is 25.2 Å². The maximum atomic E-state index is 12.0. The van der Waals surface area contributed by atoms with Gasteiger partial charge in [-0.2, -0.15) is 0 Å². The Morgan fingerprint density at radius 1 is 1.44 bits per heavy atom. The van der Waals surface area contributed by atoms with Gasteiger partial charge in [-0.25, -0.2) is 0 Å². The minimum Gasteiger partial charge on any atom is -0.368 e. The third-order valence-electron chi connectivity index (χ3n) is 3.63. The van der Waals surface area contributed by atoms with Crippen molar-refractivity contribution in [2.45, 2.75) is 31.9 Å². The minimum atomic E-state index is -0.266. The van der Waals surface area contributed by atoms with E-state index < -0.39 is 0 Å². The Hall–Kier alpha value is -1.39. The number of carbonyl (C=O) groups excluding carboxylic acids is 1. The Bertz CT molecular complexity index is 453. The van der Waals surface area contributed by atoms with Crippen LogP contribution in [0.5, 0.6) is 0 Å². The van der Waals surface area contributed by atoms with Crippen LogP contribution >= 0.6 is 0 Å². The van der Waals surface area contributed by atoms with E-state index in [-0.39, 0.29) is 12.0 Å². The standard InChI is InChI=1S/C14H18N2O2/c17-14(13-5-2-8-18-13)16-12-4-1-3-10-6-7-15-9-11(10)12/h1,3-4,13,15H,2,5-9H2,(H,16,17)/t13-/m1/s1. The van der Waals surface area contributed by atoms with Crippen molar-refractivity contribution in [2.24, 2.45) is 0 Å². The molecule has 0 spiro atoms. The molecule has 2 N–H and O–H groups in total. The van der Waals surface area contributed by atoms with E-state index in [0.717, 1.165) is 38.0 Å². The van der Waals surface area contributed by atoms with Crippen LogP contribution < -0.4 is 10.6 Å². The highest BCUT2D eigenvalue weighted by molar-refractivity contribution is 5.95. The molecule has 96 valence electrons. The van der Waals surface area contributed by atoms with Crippen LogP contribution in [0.25, 0.3) is 0 Å². The zero-order valence-electron chi connectivity index (χ0n) is 10.4. The van der Waals surface area contributed by atoms with Gasteiger partial charge in [-0.1, -0.05) is 12.1 Å². The molecule has 2 aliphatic heterocycles. The number of hydrogen-bond acceptors (Lipinski definition) is 3. The Labute approximate surface area is 107 Å². The van der Waals surface area contributed by atoms with Crippen LogP contribution in [0.3, 0.4) is 0 Å². The molecule has 0 bridgehead atoms. The molecule has 4 nitrogen and oxygen atoms in total. The number of carbonyl (C=O) groups is 1. The summed E-state index contributed by atoms with van der Waals surface area (Å²) in [6, 6.07) is 6.12. The molecule has 1 aromatic carbocycles. The number of ether oxygens (including phenoxy) is 1. The number of amides is 1. The summed E-state index contributed by atoms with van der Waals surface area (Å²) in [5.41, 5.74) is 3.48. The lowest BCUT2D eigenvalue weighted by Gasteiger charge is -2.21. The first-order valence-corrected chi connectivity index (χ1v) is 6.58. The SMILES string of the molecule is O=C(Nc1cccc2c1CNCC2)[C@H]1CCCO1. The van der Waals surface area contributed by atoms with E-state index in [1.807, 2.05) is 12.1 Å². The van der Waals surface area contributed by atoms with Gasteiger partial charge in [0.15, 0.2) is 0 Å². The molecule has 2 heterocycles. The first kappa shape index (κ1) is 11.7. The van der Waals surface area contributed by atoms with Crippen molar-refractivity contribution in [1.29, 1.82) is 0 Å². The molecule has 0 aliphatic carbocycles. The smallest absolute Gasteiger partial charge is 0.253 e. The number of anilines is 1. The Kier molecular flexibility index (Phi) is 3.30. The number of hydrogen-bond donors (Lipinski definition) is 2. The largest absolute Gasteiger partial charge is 0.368 e. The van der Waals surface area contributed by atoms with Crippen molar-refractivity contribution in [2.75, 3.05) is 18.5 Å². The number of nitrogens with one attached hydrogen (secondary N) is 2. The highest BCUT2D eigenvalue weighted by Gasteiger charge is 2.24. The second-order valence-electron chi connectivity index (χ2n) is 4.86. The lowest BCUT2D eigenvalue weighted by molar-refractivity contribution is -0.124. The van der Waals surface area contributed by atoms with Crippen LogP contribution in [0.4, 0.5) is 5.69 Å². The van der Waals surface area contributed by atoms with Crippen LogP contribution in [0.15, 0.2) is 18.2 Å². The normalized spacial score (nSPS) is 22.6. The summed E-state index contributed by atoms with van der Waals surface area (Å²) in [6.45, 7) is 2.54. The molecule has 0 aromatic heterocycles. The molecule has 4 heteroatoms. The molecule has 1 aromatic rings. The topological polar surface area (TPSA) is 50.4 Å². The van der Waals surface area contributed by atoms with E-state index in [1.54, 1.807) is 0 Å². The van der Waals surface area contributed by atoms with Crippen molar-refractivity contribution >= 4 is 11.6 Å². The molecule has 1 fully saturated rings. The number of benzene rings is 1. The van der Waals surface area contributed by atoms with Crippen molar-refractivity contribution < 1.29 is 9.53 Å². The van der Waals surface area contributed by atoms with Gasteiger partial charge in [0.25, 0.3) is 5.91 Å². The zero-order valence-corrected chi connectivity index (χ0v) is 10.4. The summed E-state index contributed by atoms with van der Waals surface area (Å²) >= 11 is 0. The average Bonchev–Trinajstić information content (AvgIpc) is 2.93. The minimum absolute atomic E-state index is 0.00789. The van der Waals surface area contributed by atoms with E-state index in [4.69, 9.17) is 4.74 Å². The molecule has 1 saturated heterocycles. The van der Waals surface area contributed by atoms with E-state index in [1.165, 1.54) is 11.1 Å². The van der Waals surface area contributed by atoms with Gasteiger partial charge in [0.1, 0.15) is 6.10 Å². The van der Waals surface area contributed by atoms with Crippen LogP contribution in [0.2, 0.25) is 0 Å². The molecular weight excluding hydrogens is 228 g/mol. The van der Waals surface area contributed by atoms with Gasteiger partial charge in [0, 0.05) is 18.8 Å². The van der Waals surface area contributed by atoms with Crippen molar-refractivity contribution in [3.63, 3.8) is 0 Å². The third kappa shape index (κ3) is 2.26. The fraction of sp³-hybridized carbons (Fsp3) is 0.500. The van der Waals surface area contributed by atoms with Crippen LogP contribution in [-0.2, 0) is 22.5 Å². The van der Waals surface area contributed by atoms with E-state index in [9.17, 15) is 4.79 Å². The monoisotopic (exact) mass is 246 g/mol. The average molecular weight is 246 g/mol. The first-order valence-electron chi connectivity index (χ1n) is 6.58. The highest BCUT2D eigenvalue weighted by atomic mass is 16.5. The van der Waals surface area contributed by atoms with Gasteiger partial charge < -0.3 is 15.4 Å². The second-order valence-corrected chi connectivity index (χ2v) is 4.86. The molecule has 1 atom stereocenters. The van der Waals surface area contributed by atoms with Gasteiger partial charge in [-0.05, 0) is 43.0 Å². The molecule has 3 rings (SSSR count). The van der Waals surface area contributed by atoms with Crippen LogP contribution in [0.1, 0.15) is 24.0 Å². The van der Waals surface area contributed by atoms with E-state index >= 15 is 0 Å². The van der Waals surface area contributed by atoms with Gasteiger partial charge in [0.2, 0.25) is 0 Å². The third-order valence-corrected chi connectivity index (χ3v) is 3.63. The maximum Gasteiger partial charge on any atom is 0.253 e. The van der Waals surface area contributed by atoms with Gasteiger partial charge in [-0.3, -0.25) is 4.79 Å². The predicted molar refractivity (Wildman–Crippen MR) is 69.5 cm³/mol. The molecule has 0 saturated carbocycles. The molecule has 0 radical (unpaired) electrons. The molecule has 2 aliphatic rings. The summed E-state index contributed by atoms with van der Waals surface area (Å²) in [4.78, 5) is 12.0. The highest BCUT2D eigenvalue weighted by Crippen LogP contribution is 2.24. The molecule has 18 heavy (non-hydrogen) atoms. The van der Waals surface area contributed by atoms with Crippen molar-refractivity contribution in [3.05, 3.63) is 29.3 Å². The maximum absolute atomic E-state index is 12.0. The van der Waals surface area contributed by atoms with Crippen molar-refractivity contribution in [3.8, 4) is 0 Å². The lowest BCUT2D eigenvalue weighted by Crippen LogP contribution is -2.29. The predicted octanol–water partition coefficient (Wildman–Crippen LogP) is 1.45. The fourth-order valence-electron chi connectivity index (χ4n) is 2.63. The summed E-state index contributed by atoms with van der Waals surface area (Å²) < 4.78 is 5.40. The Morgan fingerprint density at radius 3 is 3.22 bits per heavy atom. The Morgan fingerprint density at radius 2 is 2.39 bits per heavy atom. The number of rotatable bonds is 2. The first-order chi connectivity index (χ1) is 8.84. The number of fused-ring (bicyclic) bond motifs is 1. The molecule has 0 unspecified atom stereocenters. The summed E-state index contributed by atoms with van der Waals surface area (Å²) in [6.07, 6.45) is 2.57. The molecule has 1 amide bonds. The summed E-state index contributed by atoms with van der Waals surface area (Å²) in [5, 5.41) is 6.35. The van der Waals surface area contributed by atoms with Crippen LogP contribution in [0, 0.1) is 0 Å². The van der Waals surface area contributed by atoms with E-state index in [0.29, 0.717) is 6.61 Å². The van der Waals surface area contributed by atoms with Gasteiger partial charge >= 0.3 is 0 Å². The van der Waals surface area contributed by atoms with Gasteiger partial charge in [-0.15, -0.1) is 0 Å². The fourth-order valence-corrected chi connectivity index (χ4v) is 2.63. The zero-order chi connectivity index (χ0) is 12.4. The summed E-state index contributed by atoms with van der Waals surface area (Å²) in [7, 11) is 0. The second kappa shape index (κ2) is 5.08. The summed E-state index contributed by atoms with van der Waals surface area (Å²) in [5.74, 6) is -0.00789. The molecular formula is C14H18N2O2. The van der Waals surface area contributed by atoms with Gasteiger partial charge in [0.05, 0.1) is 0 Å². The quantitative estimate of drug-likeness (QED) is 0.830.